The van der Waals surface area contributed by atoms with Crippen molar-refractivity contribution in [2.24, 2.45) is 7.05 Å². The summed E-state index contributed by atoms with van der Waals surface area (Å²) < 4.78 is 1.70. The third-order valence-corrected chi connectivity index (χ3v) is 4.35. The molecule has 0 fully saturated rings. The predicted octanol–water partition coefficient (Wildman–Crippen LogP) is 3.09. The van der Waals surface area contributed by atoms with E-state index in [0.717, 1.165) is 5.16 Å². The van der Waals surface area contributed by atoms with Gasteiger partial charge in [-0.05, 0) is 21.6 Å². The maximum absolute atomic E-state index is 4.07. The standard InChI is InChI=1S/C15H14N4S/c1-19-15(16-17-18-19)20-14(12-8-4-2-5-9-12)13-10-6-3-7-11-13/h2-11,14H,1H3. The first-order valence-corrected chi connectivity index (χ1v) is 7.21. The second-order valence-electron chi connectivity index (χ2n) is 4.40. The highest BCUT2D eigenvalue weighted by atomic mass is 32.2. The topological polar surface area (TPSA) is 43.6 Å². The van der Waals surface area contributed by atoms with E-state index in [1.54, 1.807) is 16.4 Å². The molecular weight excluding hydrogens is 268 g/mol. The first-order chi connectivity index (χ1) is 9.84. The Morgan fingerprint density at radius 1 is 0.900 bits per heavy atom. The van der Waals surface area contributed by atoms with Gasteiger partial charge in [-0.2, -0.15) is 0 Å². The predicted molar refractivity (Wildman–Crippen MR) is 79.4 cm³/mol. The summed E-state index contributed by atoms with van der Waals surface area (Å²) in [5.41, 5.74) is 2.48. The Morgan fingerprint density at radius 2 is 1.45 bits per heavy atom. The number of hydrogen-bond donors (Lipinski definition) is 0. The molecule has 0 aliphatic rings. The molecule has 0 bridgehead atoms. The molecule has 3 rings (SSSR count). The van der Waals surface area contributed by atoms with Crippen LogP contribution in [0.4, 0.5) is 0 Å². The minimum absolute atomic E-state index is 0.182. The zero-order valence-corrected chi connectivity index (χ0v) is 11.9. The van der Waals surface area contributed by atoms with E-state index in [2.05, 4.69) is 64.1 Å². The monoisotopic (exact) mass is 282 g/mol. The normalized spacial score (nSPS) is 10.9. The summed E-state index contributed by atoms with van der Waals surface area (Å²) in [6.45, 7) is 0. The van der Waals surface area contributed by atoms with E-state index in [4.69, 9.17) is 0 Å². The van der Waals surface area contributed by atoms with E-state index in [-0.39, 0.29) is 5.25 Å². The van der Waals surface area contributed by atoms with Crippen molar-refractivity contribution in [1.82, 2.24) is 20.2 Å². The van der Waals surface area contributed by atoms with Crippen LogP contribution in [-0.4, -0.2) is 20.2 Å². The zero-order valence-electron chi connectivity index (χ0n) is 11.0. The molecule has 0 N–H and O–H groups in total. The van der Waals surface area contributed by atoms with Crippen LogP contribution in [0.3, 0.4) is 0 Å². The summed E-state index contributed by atoms with van der Waals surface area (Å²) in [7, 11) is 1.86. The van der Waals surface area contributed by atoms with Crippen LogP contribution in [0.25, 0.3) is 0 Å². The highest BCUT2D eigenvalue weighted by Gasteiger charge is 2.18. The fraction of sp³-hybridized carbons (Fsp3) is 0.133. The lowest BCUT2D eigenvalue weighted by Gasteiger charge is -2.16. The van der Waals surface area contributed by atoms with E-state index in [9.17, 15) is 0 Å². The third-order valence-electron chi connectivity index (χ3n) is 3.01. The molecule has 0 amide bonds. The van der Waals surface area contributed by atoms with Crippen molar-refractivity contribution in [3.63, 3.8) is 0 Å². The van der Waals surface area contributed by atoms with Gasteiger partial charge in [0.15, 0.2) is 0 Å². The molecule has 1 heterocycles. The Hall–Kier alpha value is -2.14. The van der Waals surface area contributed by atoms with Crippen LogP contribution >= 0.6 is 11.8 Å². The molecule has 0 aliphatic carbocycles. The lowest BCUT2D eigenvalue weighted by atomic mass is 10.0. The smallest absolute Gasteiger partial charge is 0.209 e. The van der Waals surface area contributed by atoms with Gasteiger partial charge in [-0.25, -0.2) is 4.68 Å². The summed E-state index contributed by atoms with van der Waals surface area (Å²) in [5, 5.41) is 12.7. The Balaban J connectivity index is 1.98. The second kappa shape index (κ2) is 5.88. The molecule has 5 heteroatoms. The fourth-order valence-electron chi connectivity index (χ4n) is 2.01. The fourth-order valence-corrected chi connectivity index (χ4v) is 3.08. The summed E-state index contributed by atoms with van der Waals surface area (Å²) in [4.78, 5) is 0. The number of aromatic nitrogens is 4. The average molecular weight is 282 g/mol. The Kier molecular flexibility index (Phi) is 3.78. The molecule has 20 heavy (non-hydrogen) atoms. The van der Waals surface area contributed by atoms with Crippen LogP contribution in [-0.2, 0) is 7.05 Å². The highest BCUT2D eigenvalue weighted by molar-refractivity contribution is 7.99. The molecule has 1 aromatic heterocycles. The van der Waals surface area contributed by atoms with Gasteiger partial charge in [0.2, 0.25) is 5.16 Å². The minimum atomic E-state index is 0.182. The molecule has 0 saturated carbocycles. The van der Waals surface area contributed by atoms with Crippen molar-refractivity contribution in [1.29, 1.82) is 0 Å². The molecule has 0 unspecified atom stereocenters. The molecule has 0 radical (unpaired) electrons. The van der Waals surface area contributed by atoms with E-state index in [0.29, 0.717) is 0 Å². The van der Waals surface area contributed by atoms with Gasteiger partial charge >= 0.3 is 0 Å². The SMILES string of the molecule is Cn1nnnc1SC(c1ccccc1)c1ccccc1. The van der Waals surface area contributed by atoms with E-state index >= 15 is 0 Å². The van der Waals surface area contributed by atoms with Crippen LogP contribution in [0.15, 0.2) is 65.8 Å². The Morgan fingerprint density at radius 3 is 1.90 bits per heavy atom. The van der Waals surface area contributed by atoms with Gasteiger partial charge in [-0.15, -0.1) is 5.10 Å². The molecule has 0 aliphatic heterocycles. The number of benzene rings is 2. The first kappa shape index (κ1) is 12.9. The number of thioether (sulfide) groups is 1. The first-order valence-electron chi connectivity index (χ1n) is 6.33. The third kappa shape index (κ3) is 2.72. The van der Waals surface area contributed by atoms with Crippen LogP contribution in [0.1, 0.15) is 16.4 Å². The average Bonchev–Trinajstić information content (AvgIpc) is 2.92. The summed E-state index contributed by atoms with van der Waals surface area (Å²) >= 11 is 1.66. The molecule has 4 nitrogen and oxygen atoms in total. The van der Waals surface area contributed by atoms with E-state index in [1.807, 2.05) is 19.2 Å². The van der Waals surface area contributed by atoms with Crippen LogP contribution in [0.2, 0.25) is 0 Å². The number of tetrazole rings is 1. The number of hydrogen-bond acceptors (Lipinski definition) is 4. The Bertz CT molecular complexity index is 627. The zero-order chi connectivity index (χ0) is 13.8. The lowest BCUT2D eigenvalue weighted by molar-refractivity contribution is 0.664. The van der Waals surface area contributed by atoms with E-state index in [1.165, 1.54) is 11.1 Å². The summed E-state index contributed by atoms with van der Waals surface area (Å²) in [5.74, 6) is 0. The van der Waals surface area contributed by atoms with Crippen LogP contribution in [0, 0.1) is 0 Å². The number of rotatable bonds is 4. The molecular formula is C15H14N4S. The Labute approximate surface area is 121 Å². The minimum Gasteiger partial charge on any atom is -0.224 e. The van der Waals surface area contributed by atoms with Gasteiger partial charge < -0.3 is 0 Å². The molecule has 3 aromatic rings. The summed E-state index contributed by atoms with van der Waals surface area (Å²) in [6.07, 6.45) is 0. The largest absolute Gasteiger partial charge is 0.224 e. The van der Waals surface area contributed by atoms with Crippen LogP contribution in [0.5, 0.6) is 0 Å². The van der Waals surface area contributed by atoms with Crippen molar-refractivity contribution in [2.45, 2.75) is 10.4 Å². The lowest BCUT2D eigenvalue weighted by Crippen LogP contribution is -2.00. The highest BCUT2D eigenvalue weighted by Crippen LogP contribution is 2.38. The molecule has 0 saturated heterocycles. The van der Waals surface area contributed by atoms with Gasteiger partial charge in [0.1, 0.15) is 0 Å². The summed E-state index contributed by atoms with van der Waals surface area (Å²) in [6, 6.07) is 20.8. The van der Waals surface area contributed by atoms with Gasteiger partial charge in [0.25, 0.3) is 0 Å². The number of aryl methyl sites for hydroxylation is 1. The van der Waals surface area contributed by atoms with Crippen molar-refractivity contribution >= 4 is 11.8 Å². The van der Waals surface area contributed by atoms with Crippen molar-refractivity contribution in [2.75, 3.05) is 0 Å². The van der Waals surface area contributed by atoms with E-state index < -0.39 is 0 Å². The van der Waals surface area contributed by atoms with Gasteiger partial charge in [0, 0.05) is 7.05 Å². The van der Waals surface area contributed by atoms with Gasteiger partial charge in [-0.1, -0.05) is 72.4 Å². The van der Waals surface area contributed by atoms with Crippen LogP contribution < -0.4 is 0 Å². The van der Waals surface area contributed by atoms with Crippen molar-refractivity contribution in [3.8, 4) is 0 Å². The molecule has 100 valence electrons. The van der Waals surface area contributed by atoms with Crippen molar-refractivity contribution < 1.29 is 0 Å². The number of nitrogens with zero attached hydrogens (tertiary/aromatic N) is 4. The molecule has 2 aromatic carbocycles. The molecule has 0 atom stereocenters. The maximum atomic E-state index is 4.07. The second-order valence-corrected chi connectivity index (χ2v) is 5.48. The maximum Gasteiger partial charge on any atom is 0.209 e. The van der Waals surface area contributed by atoms with Gasteiger partial charge in [-0.3, -0.25) is 0 Å². The van der Waals surface area contributed by atoms with Crippen molar-refractivity contribution in [3.05, 3.63) is 71.8 Å². The quantitative estimate of drug-likeness (QED) is 0.690. The van der Waals surface area contributed by atoms with Gasteiger partial charge in [0.05, 0.1) is 5.25 Å². The molecule has 0 spiro atoms.